The third-order valence-electron chi connectivity index (χ3n) is 3.38. The highest BCUT2D eigenvalue weighted by atomic mass is 16.5. The Bertz CT molecular complexity index is 699. The molecule has 6 heteroatoms. The van der Waals surface area contributed by atoms with E-state index in [4.69, 9.17) is 4.74 Å². The first-order chi connectivity index (χ1) is 10.6. The van der Waals surface area contributed by atoms with Crippen LogP contribution in [0, 0.1) is 0 Å². The normalized spacial score (nSPS) is 12.6. The number of benzene rings is 2. The van der Waals surface area contributed by atoms with E-state index in [9.17, 15) is 14.8 Å². The molecule has 0 aliphatic carbocycles. The molecule has 0 fully saturated rings. The second kappa shape index (κ2) is 5.50. The molecule has 0 atom stereocenters. The number of nitrogens with zero attached hydrogens (tertiary/aromatic N) is 1. The molecule has 2 aromatic rings. The van der Waals surface area contributed by atoms with Crippen molar-refractivity contribution in [2.75, 3.05) is 0 Å². The van der Waals surface area contributed by atoms with Crippen molar-refractivity contribution in [3.05, 3.63) is 59.7 Å². The highest BCUT2D eigenvalue weighted by Gasteiger charge is 2.34. The molecule has 22 heavy (non-hydrogen) atoms. The minimum absolute atomic E-state index is 0.515. The summed E-state index contributed by atoms with van der Waals surface area (Å²) in [5.74, 6) is 0.569. The Morgan fingerprint density at radius 2 is 1.55 bits per heavy atom. The van der Waals surface area contributed by atoms with Crippen LogP contribution in [0.5, 0.6) is 11.5 Å². The predicted octanol–water partition coefficient (Wildman–Crippen LogP) is 2.83. The zero-order valence-corrected chi connectivity index (χ0v) is 11.8. The number of imide groups is 1. The number of para-hydroxylation sites is 2. The van der Waals surface area contributed by atoms with Gasteiger partial charge >= 0.3 is 6.03 Å². The van der Waals surface area contributed by atoms with Gasteiger partial charge in [-0.3, -0.25) is 15.3 Å². The molecule has 0 aromatic heterocycles. The molecule has 1 aliphatic rings. The second-order valence-electron chi connectivity index (χ2n) is 4.91. The van der Waals surface area contributed by atoms with Crippen LogP contribution in [-0.2, 0) is 4.79 Å². The van der Waals surface area contributed by atoms with Crippen molar-refractivity contribution in [1.82, 2.24) is 10.4 Å². The fourth-order valence-electron chi connectivity index (χ4n) is 2.47. The number of carbonyl (C=O) groups excluding carboxylic acids is 2. The van der Waals surface area contributed by atoms with Gasteiger partial charge in [-0.05, 0) is 12.1 Å². The lowest BCUT2D eigenvalue weighted by molar-refractivity contribution is -0.120. The van der Waals surface area contributed by atoms with E-state index in [1.165, 1.54) is 6.92 Å². The third-order valence-corrected chi connectivity index (χ3v) is 3.38. The maximum absolute atomic E-state index is 12.0. The SMILES string of the molecule is CC(=O)NC(=O)N(O)C1c2ccccc2Oc2ccccc21. The highest BCUT2D eigenvalue weighted by Crippen LogP contribution is 2.44. The van der Waals surface area contributed by atoms with Crippen LogP contribution in [0.2, 0.25) is 0 Å². The molecule has 0 saturated carbocycles. The second-order valence-corrected chi connectivity index (χ2v) is 4.91. The molecule has 1 aliphatic heterocycles. The zero-order chi connectivity index (χ0) is 15.7. The van der Waals surface area contributed by atoms with Crippen molar-refractivity contribution < 1.29 is 19.5 Å². The van der Waals surface area contributed by atoms with Crippen molar-refractivity contribution in [2.24, 2.45) is 0 Å². The minimum Gasteiger partial charge on any atom is -0.457 e. The third kappa shape index (κ3) is 2.40. The van der Waals surface area contributed by atoms with Crippen molar-refractivity contribution in [3.63, 3.8) is 0 Å². The fraction of sp³-hybridized carbons (Fsp3) is 0.125. The quantitative estimate of drug-likeness (QED) is 0.627. The van der Waals surface area contributed by atoms with Gasteiger partial charge in [-0.15, -0.1) is 0 Å². The van der Waals surface area contributed by atoms with Gasteiger partial charge in [-0.25, -0.2) is 4.79 Å². The Hall–Kier alpha value is -2.86. The van der Waals surface area contributed by atoms with Crippen LogP contribution < -0.4 is 10.1 Å². The predicted molar refractivity (Wildman–Crippen MR) is 77.6 cm³/mol. The summed E-state index contributed by atoms with van der Waals surface area (Å²) < 4.78 is 5.78. The van der Waals surface area contributed by atoms with Gasteiger partial charge in [0.1, 0.15) is 17.5 Å². The van der Waals surface area contributed by atoms with E-state index in [-0.39, 0.29) is 0 Å². The molecule has 0 saturated heterocycles. The summed E-state index contributed by atoms with van der Waals surface area (Å²) in [6.07, 6.45) is 0. The fourth-order valence-corrected chi connectivity index (χ4v) is 2.47. The molecule has 112 valence electrons. The van der Waals surface area contributed by atoms with Crippen LogP contribution in [0.25, 0.3) is 0 Å². The van der Waals surface area contributed by atoms with Gasteiger partial charge in [-0.2, -0.15) is 5.06 Å². The molecule has 0 unspecified atom stereocenters. The van der Waals surface area contributed by atoms with Gasteiger partial charge < -0.3 is 4.74 Å². The van der Waals surface area contributed by atoms with E-state index in [0.717, 1.165) is 0 Å². The summed E-state index contributed by atoms with van der Waals surface area (Å²) in [6.45, 7) is 1.21. The monoisotopic (exact) mass is 298 g/mol. The summed E-state index contributed by atoms with van der Waals surface area (Å²) >= 11 is 0. The Morgan fingerprint density at radius 3 is 2.05 bits per heavy atom. The molecule has 0 bridgehead atoms. The molecule has 2 aromatic carbocycles. The lowest BCUT2D eigenvalue weighted by Crippen LogP contribution is -2.43. The van der Waals surface area contributed by atoms with Crippen LogP contribution >= 0.6 is 0 Å². The summed E-state index contributed by atoms with van der Waals surface area (Å²) in [5, 5.41) is 12.9. The summed E-state index contributed by atoms with van der Waals surface area (Å²) in [5.41, 5.74) is 1.28. The maximum atomic E-state index is 12.0. The number of hydrogen-bond donors (Lipinski definition) is 2. The highest BCUT2D eigenvalue weighted by molar-refractivity contribution is 5.92. The number of amides is 3. The van der Waals surface area contributed by atoms with E-state index in [0.29, 0.717) is 27.7 Å². The number of hydrogen-bond acceptors (Lipinski definition) is 4. The van der Waals surface area contributed by atoms with E-state index in [1.807, 2.05) is 0 Å². The molecule has 1 heterocycles. The van der Waals surface area contributed by atoms with Gasteiger partial charge in [-0.1, -0.05) is 36.4 Å². The summed E-state index contributed by atoms with van der Waals surface area (Å²) in [6, 6.07) is 12.6. The first kappa shape index (κ1) is 14.1. The lowest BCUT2D eigenvalue weighted by Gasteiger charge is -2.32. The van der Waals surface area contributed by atoms with Gasteiger partial charge in [0, 0.05) is 18.1 Å². The van der Waals surface area contributed by atoms with Crippen LogP contribution in [0.1, 0.15) is 24.1 Å². The van der Waals surface area contributed by atoms with Crippen molar-refractivity contribution in [1.29, 1.82) is 0 Å². The number of fused-ring (bicyclic) bond motifs is 2. The molecule has 3 amide bonds. The number of rotatable bonds is 1. The Labute approximate surface area is 126 Å². The molecule has 0 spiro atoms. The Balaban J connectivity index is 2.06. The smallest absolute Gasteiger partial charge is 0.348 e. The first-order valence-electron chi connectivity index (χ1n) is 6.73. The number of carbonyl (C=O) groups is 2. The average Bonchev–Trinajstić information content (AvgIpc) is 2.51. The molecular weight excluding hydrogens is 284 g/mol. The van der Waals surface area contributed by atoms with Crippen molar-refractivity contribution in [2.45, 2.75) is 13.0 Å². The topological polar surface area (TPSA) is 78.9 Å². The van der Waals surface area contributed by atoms with E-state index in [2.05, 4.69) is 5.32 Å². The van der Waals surface area contributed by atoms with E-state index >= 15 is 0 Å². The van der Waals surface area contributed by atoms with Gasteiger partial charge in [0.15, 0.2) is 0 Å². The number of nitrogens with one attached hydrogen (secondary N) is 1. The van der Waals surface area contributed by atoms with Crippen LogP contribution in [0.4, 0.5) is 4.79 Å². The number of ether oxygens (including phenoxy) is 1. The molecule has 0 radical (unpaired) electrons. The maximum Gasteiger partial charge on any atom is 0.348 e. The van der Waals surface area contributed by atoms with Gasteiger partial charge in [0.2, 0.25) is 5.91 Å². The largest absolute Gasteiger partial charge is 0.457 e. The molecule has 3 rings (SSSR count). The standard InChI is InChI=1S/C16H14N2O4/c1-10(19)17-16(20)18(21)15-11-6-2-4-8-13(11)22-14-9-5-3-7-12(14)15/h2-9,15,21H,1H3,(H,17,19,20). The molecular formula is C16H14N2O4. The molecule has 2 N–H and O–H groups in total. The van der Waals surface area contributed by atoms with Crippen molar-refractivity contribution >= 4 is 11.9 Å². The Kier molecular flexibility index (Phi) is 3.52. The average molecular weight is 298 g/mol. The summed E-state index contributed by atoms with van der Waals surface area (Å²) in [4.78, 5) is 23.0. The first-order valence-corrected chi connectivity index (χ1v) is 6.73. The van der Waals surface area contributed by atoms with E-state index in [1.54, 1.807) is 48.5 Å². The Morgan fingerprint density at radius 1 is 1.05 bits per heavy atom. The number of urea groups is 1. The van der Waals surface area contributed by atoms with Crippen LogP contribution in [-0.4, -0.2) is 22.2 Å². The summed E-state index contributed by atoms with van der Waals surface area (Å²) in [7, 11) is 0. The lowest BCUT2D eigenvalue weighted by atomic mass is 9.94. The van der Waals surface area contributed by atoms with Gasteiger partial charge in [0.05, 0.1) is 0 Å². The molecule has 6 nitrogen and oxygen atoms in total. The minimum atomic E-state index is -0.885. The van der Waals surface area contributed by atoms with Crippen LogP contribution in [0.3, 0.4) is 0 Å². The number of hydroxylamine groups is 2. The zero-order valence-electron chi connectivity index (χ0n) is 11.8. The van der Waals surface area contributed by atoms with Gasteiger partial charge in [0.25, 0.3) is 0 Å². The van der Waals surface area contributed by atoms with E-state index < -0.39 is 18.0 Å². The van der Waals surface area contributed by atoms with Crippen LogP contribution in [0.15, 0.2) is 48.5 Å². The van der Waals surface area contributed by atoms with Crippen molar-refractivity contribution in [3.8, 4) is 11.5 Å².